The molecule has 1 aliphatic carbocycles. The first-order valence-corrected chi connectivity index (χ1v) is 5.39. The minimum absolute atomic E-state index is 0.144. The molecule has 1 aromatic carbocycles. The maximum Gasteiger partial charge on any atom is 0.251 e. The number of benzene rings is 1. The van der Waals surface area contributed by atoms with Crippen molar-refractivity contribution in [3.63, 3.8) is 0 Å². The smallest absolute Gasteiger partial charge is 0.251 e. The van der Waals surface area contributed by atoms with E-state index in [1.807, 2.05) is 0 Å². The van der Waals surface area contributed by atoms with E-state index >= 15 is 0 Å². The van der Waals surface area contributed by atoms with Crippen LogP contribution in [-0.2, 0) is 0 Å². The summed E-state index contributed by atoms with van der Waals surface area (Å²) in [4.78, 5) is 11.8. The number of rotatable bonds is 2. The Balaban J connectivity index is 2.03. The van der Waals surface area contributed by atoms with Crippen LogP contribution in [0.3, 0.4) is 0 Å². The zero-order valence-corrected chi connectivity index (χ0v) is 9.16. The SMILES string of the molecule is Cc1cc(F)ccc1C(=O)NC1CC(N)C1. The first-order chi connectivity index (χ1) is 7.56. The van der Waals surface area contributed by atoms with Crippen molar-refractivity contribution < 1.29 is 9.18 Å². The Morgan fingerprint density at radius 3 is 2.75 bits per heavy atom. The van der Waals surface area contributed by atoms with E-state index in [0.717, 1.165) is 12.8 Å². The van der Waals surface area contributed by atoms with E-state index in [1.165, 1.54) is 18.2 Å². The van der Waals surface area contributed by atoms with Gasteiger partial charge in [0.2, 0.25) is 0 Å². The number of nitrogens with one attached hydrogen (secondary N) is 1. The summed E-state index contributed by atoms with van der Waals surface area (Å²) in [7, 11) is 0. The molecule has 0 aliphatic heterocycles. The molecule has 1 aliphatic rings. The summed E-state index contributed by atoms with van der Waals surface area (Å²) in [6.45, 7) is 1.73. The molecule has 0 radical (unpaired) electrons. The Labute approximate surface area is 93.8 Å². The van der Waals surface area contributed by atoms with Gasteiger partial charge in [-0.3, -0.25) is 4.79 Å². The first-order valence-electron chi connectivity index (χ1n) is 5.39. The van der Waals surface area contributed by atoms with Gasteiger partial charge in [0.05, 0.1) is 0 Å². The molecule has 3 N–H and O–H groups in total. The number of halogens is 1. The van der Waals surface area contributed by atoms with Crippen LogP contribution in [0.25, 0.3) is 0 Å². The fraction of sp³-hybridized carbons (Fsp3) is 0.417. The lowest BCUT2D eigenvalue weighted by Crippen LogP contribution is -2.50. The normalized spacial score (nSPS) is 23.7. The highest BCUT2D eigenvalue weighted by molar-refractivity contribution is 5.95. The summed E-state index contributed by atoms with van der Waals surface area (Å²) in [5.41, 5.74) is 6.82. The lowest BCUT2D eigenvalue weighted by molar-refractivity contribution is 0.0909. The van der Waals surface area contributed by atoms with Crippen molar-refractivity contribution in [1.82, 2.24) is 5.32 Å². The summed E-state index contributed by atoms with van der Waals surface area (Å²) in [6.07, 6.45) is 1.65. The molecule has 3 nitrogen and oxygen atoms in total. The van der Waals surface area contributed by atoms with Gasteiger partial charge in [0, 0.05) is 17.6 Å². The van der Waals surface area contributed by atoms with Crippen molar-refractivity contribution in [3.8, 4) is 0 Å². The van der Waals surface area contributed by atoms with Crippen molar-refractivity contribution in [1.29, 1.82) is 0 Å². The van der Waals surface area contributed by atoms with Gasteiger partial charge in [0.1, 0.15) is 5.82 Å². The van der Waals surface area contributed by atoms with Gasteiger partial charge in [-0.1, -0.05) is 0 Å². The van der Waals surface area contributed by atoms with Crippen LogP contribution in [0.15, 0.2) is 18.2 Å². The Hall–Kier alpha value is -1.42. The Morgan fingerprint density at radius 1 is 1.50 bits per heavy atom. The average molecular weight is 222 g/mol. The second kappa shape index (κ2) is 4.22. The summed E-state index contributed by atoms with van der Waals surface area (Å²) < 4.78 is 12.9. The highest BCUT2D eigenvalue weighted by Crippen LogP contribution is 2.18. The lowest BCUT2D eigenvalue weighted by atomic mass is 9.87. The molecule has 4 heteroatoms. The molecule has 0 bridgehead atoms. The Morgan fingerprint density at radius 2 is 2.19 bits per heavy atom. The molecular formula is C12H15FN2O. The predicted octanol–water partition coefficient (Wildman–Crippen LogP) is 1.35. The summed E-state index contributed by atoms with van der Waals surface area (Å²) >= 11 is 0. The van der Waals surface area contributed by atoms with Gasteiger partial charge in [0.15, 0.2) is 0 Å². The van der Waals surface area contributed by atoms with Crippen molar-refractivity contribution in [3.05, 3.63) is 35.1 Å². The van der Waals surface area contributed by atoms with Crippen molar-refractivity contribution in [2.24, 2.45) is 5.73 Å². The van der Waals surface area contributed by atoms with Crippen LogP contribution in [0.1, 0.15) is 28.8 Å². The minimum atomic E-state index is -0.320. The first kappa shape index (κ1) is 11.1. The Bertz CT molecular complexity index is 413. The third-order valence-electron chi connectivity index (χ3n) is 2.94. The zero-order valence-electron chi connectivity index (χ0n) is 9.16. The number of aryl methyl sites for hydroxylation is 1. The average Bonchev–Trinajstić information content (AvgIpc) is 2.15. The van der Waals surface area contributed by atoms with Gasteiger partial charge in [-0.05, 0) is 43.5 Å². The van der Waals surface area contributed by atoms with E-state index in [0.29, 0.717) is 11.1 Å². The quantitative estimate of drug-likeness (QED) is 0.793. The lowest BCUT2D eigenvalue weighted by Gasteiger charge is -2.33. The third-order valence-corrected chi connectivity index (χ3v) is 2.94. The van der Waals surface area contributed by atoms with Crippen LogP contribution in [0.4, 0.5) is 4.39 Å². The maximum absolute atomic E-state index is 12.9. The zero-order chi connectivity index (χ0) is 11.7. The standard InChI is InChI=1S/C12H15FN2O/c1-7-4-8(13)2-3-11(7)12(16)15-10-5-9(14)6-10/h2-4,9-10H,5-6,14H2,1H3,(H,15,16). The number of carbonyl (C=O) groups is 1. The minimum Gasteiger partial charge on any atom is -0.349 e. The second-order valence-corrected chi connectivity index (χ2v) is 4.36. The van der Waals surface area contributed by atoms with E-state index in [1.54, 1.807) is 6.92 Å². The van der Waals surface area contributed by atoms with Gasteiger partial charge in [-0.2, -0.15) is 0 Å². The number of amides is 1. The van der Waals surface area contributed by atoms with Crippen LogP contribution in [0.2, 0.25) is 0 Å². The molecule has 0 heterocycles. The summed E-state index contributed by atoms with van der Waals surface area (Å²) in [5, 5.41) is 2.88. The van der Waals surface area contributed by atoms with E-state index in [-0.39, 0.29) is 23.8 Å². The monoisotopic (exact) mass is 222 g/mol. The predicted molar refractivity (Wildman–Crippen MR) is 59.6 cm³/mol. The van der Waals surface area contributed by atoms with E-state index in [2.05, 4.69) is 5.32 Å². The highest BCUT2D eigenvalue weighted by atomic mass is 19.1. The molecule has 16 heavy (non-hydrogen) atoms. The largest absolute Gasteiger partial charge is 0.349 e. The fourth-order valence-corrected chi connectivity index (χ4v) is 1.92. The highest BCUT2D eigenvalue weighted by Gasteiger charge is 2.27. The molecule has 1 saturated carbocycles. The van der Waals surface area contributed by atoms with Crippen molar-refractivity contribution in [2.75, 3.05) is 0 Å². The van der Waals surface area contributed by atoms with Crippen LogP contribution in [0, 0.1) is 12.7 Å². The van der Waals surface area contributed by atoms with Crippen LogP contribution in [0.5, 0.6) is 0 Å². The van der Waals surface area contributed by atoms with Crippen molar-refractivity contribution >= 4 is 5.91 Å². The molecule has 0 aromatic heterocycles. The number of carbonyl (C=O) groups excluding carboxylic acids is 1. The molecule has 0 spiro atoms. The van der Waals surface area contributed by atoms with Crippen molar-refractivity contribution in [2.45, 2.75) is 31.8 Å². The van der Waals surface area contributed by atoms with Gasteiger partial charge in [-0.25, -0.2) is 4.39 Å². The molecule has 86 valence electrons. The van der Waals surface area contributed by atoms with Gasteiger partial charge >= 0.3 is 0 Å². The molecule has 2 rings (SSSR count). The van der Waals surface area contributed by atoms with Gasteiger partial charge in [-0.15, -0.1) is 0 Å². The molecule has 1 aromatic rings. The Kier molecular flexibility index (Phi) is 2.92. The van der Waals surface area contributed by atoms with Gasteiger partial charge < -0.3 is 11.1 Å². The molecule has 0 saturated heterocycles. The van der Waals surface area contributed by atoms with Crippen LogP contribution < -0.4 is 11.1 Å². The number of nitrogens with two attached hydrogens (primary N) is 1. The summed E-state index contributed by atoms with van der Waals surface area (Å²) in [6, 6.07) is 4.56. The third kappa shape index (κ3) is 2.22. The second-order valence-electron chi connectivity index (χ2n) is 4.36. The van der Waals surface area contributed by atoms with E-state index in [4.69, 9.17) is 5.73 Å². The van der Waals surface area contributed by atoms with E-state index in [9.17, 15) is 9.18 Å². The topological polar surface area (TPSA) is 55.1 Å². The fourth-order valence-electron chi connectivity index (χ4n) is 1.92. The molecule has 1 amide bonds. The molecule has 0 atom stereocenters. The number of hydrogen-bond acceptors (Lipinski definition) is 2. The van der Waals surface area contributed by atoms with Crippen LogP contribution in [-0.4, -0.2) is 18.0 Å². The number of hydrogen-bond donors (Lipinski definition) is 2. The molecular weight excluding hydrogens is 207 g/mol. The maximum atomic E-state index is 12.9. The molecule has 0 unspecified atom stereocenters. The van der Waals surface area contributed by atoms with Crippen LogP contribution >= 0.6 is 0 Å². The molecule has 1 fully saturated rings. The van der Waals surface area contributed by atoms with E-state index < -0.39 is 0 Å². The van der Waals surface area contributed by atoms with Gasteiger partial charge in [0.25, 0.3) is 5.91 Å². The summed E-state index contributed by atoms with van der Waals surface area (Å²) in [5.74, 6) is -0.464.